The number of nitrogens with zero attached hydrogens (tertiary/aromatic N) is 1. The molecule has 0 radical (unpaired) electrons. The minimum atomic E-state index is -0.454. The molecule has 6 heteroatoms. The molecule has 104 valence electrons. The van der Waals surface area contributed by atoms with E-state index < -0.39 is 6.03 Å². The molecule has 0 aromatic rings. The summed E-state index contributed by atoms with van der Waals surface area (Å²) < 4.78 is 0. The molecular weight excluding hydrogens is 232 g/mol. The molecule has 1 rings (SSSR count). The highest BCUT2D eigenvalue weighted by Gasteiger charge is 2.30. The van der Waals surface area contributed by atoms with Gasteiger partial charge in [-0.05, 0) is 26.3 Å². The van der Waals surface area contributed by atoms with Crippen molar-refractivity contribution in [2.75, 3.05) is 27.2 Å². The molecule has 0 aliphatic carbocycles. The van der Waals surface area contributed by atoms with Crippen LogP contribution in [0.15, 0.2) is 0 Å². The summed E-state index contributed by atoms with van der Waals surface area (Å²) in [6, 6.07) is -0.219. The summed E-state index contributed by atoms with van der Waals surface area (Å²) in [5, 5.41) is 7.99. The molecule has 1 aliphatic rings. The van der Waals surface area contributed by atoms with E-state index in [0.29, 0.717) is 12.0 Å². The number of imide groups is 1. The summed E-state index contributed by atoms with van der Waals surface area (Å²) in [5.74, 6) is 0.253. The van der Waals surface area contributed by atoms with Crippen LogP contribution in [-0.2, 0) is 4.79 Å². The Labute approximate surface area is 108 Å². The van der Waals surface area contributed by atoms with Gasteiger partial charge in [-0.3, -0.25) is 15.0 Å². The molecule has 1 heterocycles. The normalized spacial score (nSPS) is 26.4. The number of amides is 3. The Morgan fingerprint density at radius 3 is 2.50 bits per heavy atom. The molecule has 0 aromatic carbocycles. The van der Waals surface area contributed by atoms with Crippen LogP contribution in [0, 0.1) is 5.92 Å². The first-order valence-electron chi connectivity index (χ1n) is 6.43. The number of nitrogens with one attached hydrogen (secondary N) is 3. The fourth-order valence-electron chi connectivity index (χ4n) is 2.40. The lowest BCUT2D eigenvalue weighted by molar-refractivity contribution is -0.125. The van der Waals surface area contributed by atoms with Gasteiger partial charge < -0.3 is 10.6 Å². The molecule has 3 amide bonds. The first-order valence-corrected chi connectivity index (χ1v) is 6.43. The Bertz CT molecular complexity index is 308. The maximum absolute atomic E-state index is 11.8. The van der Waals surface area contributed by atoms with E-state index in [2.05, 4.69) is 27.8 Å². The molecule has 1 saturated heterocycles. The van der Waals surface area contributed by atoms with Crippen molar-refractivity contribution in [2.24, 2.45) is 5.92 Å². The third kappa shape index (κ3) is 3.68. The number of rotatable bonds is 3. The van der Waals surface area contributed by atoms with Gasteiger partial charge in [0.25, 0.3) is 0 Å². The molecule has 0 aromatic heterocycles. The Hall–Kier alpha value is -1.14. The summed E-state index contributed by atoms with van der Waals surface area (Å²) in [5.41, 5.74) is 0. The van der Waals surface area contributed by atoms with E-state index in [1.165, 1.54) is 7.05 Å². The summed E-state index contributed by atoms with van der Waals surface area (Å²) in [6.45, 7) is 5.76. The van der Waals surface area contributed by atoms with Crippen molar-refractivity contribution in [1.82, 2.24) is 20.9 Å². The van der Waals surface area contributed by atoms with Crippen LogP contribution in [0.25, 0.3) is 0 Å². The predicted molar refractivity (Wildman–Crippen MR) is 70.3 cm³/mol. The molecule has 0 bridgehead atoms. The number of urea groups is 1. The van der Waals surface area contributed by atoms with E-state index in [9.17, 15) is 9.59 Å². The lowest BCUT2D eigenvalue weighted by Crippen LogP contribution is -2.55. The summed E-state index contributed by atoms with van der Waals surface area (Å²) >= 11 is 0. The molecule has 3 N–H and O–H groups in total. The Kier molecular flexibility index (Phi) is 5.55. The highest BCUT2D eigenvalue weighted by atomic mass is 16.2. The maximum atomic E-state index is 11.8. The van der Waals surface area contributed by atoms with Crippen molar-refractivity contribution in [2.45, 2.75) is 32.4 Å². The Morgan fingerprint density at radius 2 is 2.00 bits per heavy atom. The molecule has 0 spiro atoms. The quantitative estimate of drug-likeness (QED) is 0.651. The number of hydrogen-bond donors (Lipinski definition) is 3. The first kappa shape index (κ1) is 14.9. The van der Waals surface area contributed by atoms with Gasteiger partial charge in [-0.25, -0.2) is 4.79 Å². The number of carbonyl (C=O) groups is 2. The smallest absolute Gasteiger partial charge is 0.321 e. The van der Waals surface area contributed by atoms with Crippen molar-refractivity contribution < 1.29 is 9.59 Å². The van der Waals surface area contributed by atoms with Crippen LogP contribution in [0.2, 0.25) is 0 Å². The van der Waals surface area contributed by atoms with Crippen LogP contribution in [0.4, 0.5) is 4.79 Å². The molecule has 6 nitrogen and oxygen atoms in total. The van der Waals surface area contributed by atoms with Crippen LogP contribution in [0.5, 0.6) is 0 Å². The van der Waals surface area contributed by atoms with Crippen molar-refractivity contribution in [3.63, 3.8) is 0 Å². The average Bonchev–Trinajstić information content (AvgIpc) is 2.37. The summed E-state index contributed by atoms with van der Waals surface area (Å²) in [4.78, 5) is 25.1. The van der Waals surface area contributed by atoms with Crippen LogP contribution in [0.3, 0.4) is 0 Å². The van der Waals surface area contributed by atoms with E-state index in [1.807, 2.05) is 14.0 Å². The van der Waals surface area contributed by atoms with E-state index in [0.717, 1.165) is 19.5 Å². The van der Waals surface area contributed by atoms with Crippen molar-refractivity contribution >= 4 is 11.9 Å². The third-order valence-electron chi connectivity index (χ3n) is 3.70. The van der Waals surface area contributed by atoms with Gasteiger partial charge in [-0.1, -0.05) is 6.92 Å². The fourth-order valence-corrected chi connectivity index (χ4v) is 2.40. The van der Waals surface area contributed by atoms with Gasteiger partial charge in [0.15, 0.2) is 0 Å². The minimum Gasteiger partial charge on any atom is -0.341 e. The summed E-state index contributed by atoms with van der Waals surface area (Å²) in [7, 11) is 3.46. The maximum Gasteiger partial charge on any atom is 0.321 e. The third-order valence-corrected chi connectivity index (χ3v) is 3.70. The van der Waals surface area contributed by atoms with E-state index in [1.54, 1.807) is 0 Å². The number of hydrogen-bond acceptors (Lipinski definition) is 4. The van der Waals surface area contributed by atoms with Crippen LogP contribution < -0.4 is 16.0 Å². The minimum absolute atomic E-state index is 0.246. The predicted octanol–water partition coefficient (Wildman–Crippen LogP) is -0.240. The fraction of sp³-hybridized carbons (Fsp3) is 0.833. The SMILES string of the molecule is CNC(=O)NC(=O)C(C)N1CCC(NC)C(C)C1. The zero-order valence-corrected chi connectivity index (χ0v) is 11.6. The van der Waals surface area contributed by atoms with Crippen LogP contribution in [0.1, 0.15) is 20.3 Å². The second-order valence-electron chi connectivity index (χ2n) is 4.90. The Balaban J connectivity index is 2.50. The highest BCUT2D eigenvalue weighted by molar-refractivity contribution is 5.96. The molecule has 18 heavy (non-hydrogen) atoms. The van der Waals surface area contributed by atoms with Gasteiger partial charge in [-0.15, -0.1) is 0 Å². The lowest BCUT2D eigenvalue weighted by Gasteiger charge is -2.39. The number of likely N-dealkylation sites (tertiary alicyclic amines) is 1. The van der Waals surface area contributed by atoms with Gasteiger partial charge in [-0.2, -0.15) is 0 Å². The molecular formula is C12H24N4O2. The molecule has 3 atom stereocenters. The highest BCUT2D eigenvalue weighted by Crippen LogP contribution is 2.18. The first-order chi connectivity index (χ1) is 8.49. The Morgan fingerprint density at radius 1 is 1.33 bits per heavy atom. The zero-order chi connectivity index (χ0) is 13.7. The van der Waals surface area contributed by atoms with Gasteiger partial charge >= 0.3 is 6.03 Å². The van der Waals surface area contributed by atoms with Gasteiger partial charge in [0.05, 0.1) is 6.04 Å². The van der Waals surface area contributed by atoms with Crippen molar-refractivity contribution in [1.29, 1.82) is 0 Å². The lowest BCUT2D eigenvalue weighted by atomic mass is 9.93. The van der Waals surface area contributed by atoms with Crippen molar-refractivity contribution in [3.8, 4) is 0 Å². The van der Waals surface area contributed by atoms with Crippen molar-refractivity contribution in [3.05, 3.63) is 0 Å². The van der Waals surface area contributed by atoms with Crippen LogP contribution in [-0.4, -0.2) is 56.1 Å². The van der Waals surface area contributed by atoms with Gasteiger partial charge in [0.2, 0.25) is 5.91 Å². The molecule has 3 unspecified atom stereocenters. The largest absolute Gasteiger partial charge is 0.341 e. The zero-order valence-electron chi connectivity index (χ0n) is 11.6. The van der Waals surface area contributed by atoms with Gasteiger partial charge in [0.1, 0.15) is 0 Å². The van der Waals surface area contributed by atoms with E-state index in [4.69, 9.17) is 0 Å². The second kappa shape index (κ2) is 6.70. The standard InChI is InChI=1S/C12H24N4O2/c1-8-7-16(6-5-10(8)13-3)9(2)11(17)15-12(18)14-4/h8-10,13H,5-7H2,1-4H3,(H2,14,15,17,18). The average molecular weight is 256 g/mol. The topological polar surface area (TPSA) is 73.5 Å². The number of piperidine rings is 1. The molecule has 1 aliphatic heterocycles. The van der Waals surface area contributed by atoms with Gasteiger partial charge in [0, 0.05) is 26.2 Å². The van der Waals surface area contributed by atoms with Crippen LogP contribution >= 0.6 is 0 Å². The van der Waals surface area contributed by atoms with E-state index in [-0.39, 0.29) is 11.9 Å². The molecule has 1 fully saturated rings. The number of carbonyl (C=O) groups excluding carboxylic acids is 2. The monoisotopic (exact) mass is 256 g/mol. The second-order valence-corrected chi connectivity index (χ2v) is 4.90. The summed E-state index contributed by atoms with van der Waals surface area (Å²) in [6.07, 6.45) is 1.02. The van der Waals surface area contributed by atoms with E-state index >= 15 is 0 Å². The molecule has 0 saturated carbocycles.